The summed E-state index contributed by atoms with van der Waals surface area (Å²) in [5, 5.41) is 14.5. The maximum Gasteiger partial charge on any atom is 0.374 e. The molecule has 2 aromatic rings. The molecule has 7 heteroatoms. The van der Waals surface area contributed by atoms with Crippen molar-refractivity contribution in [3.05, 3.63) is 32.5 Å². The molecule has 0 fully saturated rings. The molecule has 0 unspecified atom stereocenters. The van der Waals surface area contributed by atoms with Crippen molar-refractivity contribution in [2.75, 3.05) is 0 Å². The van der Waals surface area contributed by atoms with Gasteiger partial charge in [0.1, 0.15) is 17.3 Å². The van der Waals surface area contributed by atoms with Crippen LogP contribution >= 0.6 is 11.3 Å². The molecule has 0 saturated carbocycles. The number of hydrogen-bond donors (Lipinski definition) is 0. The van der Waals surface area contributed by atoms with Crippen LogP contribution in [0.4, 0.5) is 0 Å². The molecule has 2 heterocycles. The Hall–Kier alpha value is -2.07. The monoisotopic (exact) mass is 298 g/mol. The number of allylic oxidation sites excluding steroid dienone is 1. The average Bonchev–Trinajstić information content (AvgIpc) is 2.91. The van der Waals surface area contributed by atoms with Gasteiger partial charge in [-0.2, -0.15) is 10.4 Å². The third kappa shape index (κ3) is 2.59. The van der Waals surface area contributed by atoms with Crippen LogP contribution < -0.4 is 0 Å². The van der Waals surface area contributed by atoms with E-state index in [0.717, 1.165) is 21.8 Å². The van der Waals surface area contributed by atoms with E-state index in [1.54, 1.807) is 4.68 Å². The van der Waals surface area contributed by atoms with Gasteiger partial charge in [0, 0.05) is 17.6 Å². The topological polar surface area (TPSA) is 63.7 Å². The van der Waals surface area contributed by atoms with E-state index >= 15 is 0 Å². The van der Waals surface area contributed by atoms with Gasteiger partial charge in [0.25, 0.3) is 0 Å². The zero-order valence-corrected chi connectivity index (χ0v) is 13.5. The largest absolute Gasteiger partial charge is 0.565 e. The lowest BCUT2D eigenvalue weighted by Gasteiger charge is -2.06. The minimum Gasteiger partial charge on any atom is -0.565 e. The van der Waals surface area contributed by atoms with E-state index in [-0.39, 0.29) is 5.76 Å². The SMILES string of the molecule is [B]OC(=C(C#N)c1nn(C)c(C)c1C)c1nc(C)c(C)s1. The Labute approximate surface area is 129 Å². The lowest BCUT2D eigenvalue weighted by atomic mass is 10.1. The van der Waals surface area contributed by atoms with Gasteiger partial charge in [0.2, 0.25) is 0 Å². The Morgan fingerprint density at radius 1 is 1.33 bits per heavy atom. The number of nitrogens with zero attached hydrogens (tertiary/aromatic N) is 4. The normalized spacial score (nSPS) is 12.0. The summed E-state index contributed by atoms with van der Waals surface area (Å²) in [4.78, 5) is 5.47. The van der Waals surface area contributed by atoms with E-state index in [2.05, 4.69) is 16.2 Å². The highest BCUT2D eigenvalue weighted by molar-refractivity contribution is 7.12. The van der Waals surface area contributed by atoms with Crippen LogP contribution in [0.25, 0.3) is 11.3 Å². The van der Waals surface area contributed by atoms with Crippen molar-refractivity contribution in [2.24, 2.45) is 7.05 Å². The highest BCUT2D eigenvalue weighted by atomic mass is 32.1. The molecule has 2 aromatic heterocycles. The first-order valence-electron chi connectivity index (χ1n) is 6.36. The Kier molecular flexibility index (Phi) is 4.19. The first kappa shape index (κ1) is 15.3. The van der Waals surface area contributed by atoms with Crippen LogP contribution in [0.3, 0.4) is 0 Å². The maximum atomic E-state index is 9.53. The van der Waals surface area contributed by atoms with Crippen LogP contribution in [-0.2, 0) is 11.7 Å². The molecule has 5 nitrogen and oxygen atoms in total. The predicted molar refractivity (Wildman–Crippen MR) is 83.5 cm³/mol. The number of aryl methyl sites for hydroxylation is 3. The summed E-state index contributed by atoms with van der Waals surface area (Å²) in [6.45, 7) is 7.74. The Balaban J connectivity index is 2.70. The van der Waals surface area contributed by atoms with Crippen LogP contribution in [0.2, 0.25) is 0 Å². The Bertz CT molecular complexity index is 747. The number of hydrogen-bond acceptors (Lipinski definition) is 5. The van der Waals surface area contributed by atoms with Gasteiger partial charge in [0.05, 0.1) is 5.69 Å². The van der Waals surface area contributed by atoms with Crippen molar-refractivity contribution in [1.82, 2.24) is 14.8 Å². The molecule has 0 aliphatic rings. The van der Waals surface area contributed by atoms with Gasteiger partial charge in [-0.3, -0.25) is 4.68 Å². The summed E-state index contributed by atoms with van der Waals surface area (Å²) in [5.41, 5.74) is 3.68. The van der Waals surface area contributed by atoms with E-state index in [9.17, 15) is 5.26 Å². The van der Waals surface area contributed by atoms with Gasteiger partial charge in [-0.15, -0.1) is 11.3 Å². The van der Waals surface area contributed by atoms with Crippen LogP contribution in [0, 0.1) is 39.0 Å². The highest BCUT2D eigenvalue weighted by Crippen LogP contribution is 2.31. The Morgan fingerprint density at radius 3 is 2.38 bits per heavy atom. The van der Waals surface area contributed by atoms with Gasteiger partial charge in [-0.05, 0) is 33.3 Å². The van der Waals surface area contributed by atoms with Gasteiger partial charge < -0.3 is 4.65 Å². The second-order valence-corrected chi connectivity index (χ2v) is 5.98. The van der Waals surface area contributed by atoms with E-state index in [4.69, 9.17) is 12.7 Å². The maximum absolute atomic E-state index is 9.53. The summed E-state index contributed by atoms with van der Waals surface area (Å²) in [5.74, 6) is 0.264. The quantitative estimate of drug-likeness (QED) is 0.496. The second kappa shape index (κ2) is 5.74. The third-order valence-corrected chi connectivity index (χ3v) is 4.62. The fraction of sp³-hybridized carbons (Fsp3) is 0.357. The molecule has 0 aromatic carbocycles. The average molecular weight is 298 g/mol. The summed E-state index contributed by atoms with van der Waals surface area (Å²) in [7, 11) is 7.23. The first-order chi connectivity index (χ1) is 9.90. The van der Waals surface area contributed by atoms with Crippen molar-refractivity contribution in [3.8, 4) is 6.07 Å². The molecular weight excluding hydrogens is 283 g/mol. The molecule has 2 radical (unpaired) electrons. The van der Waals surface area contributed by atoms with E-state index in [1.165, 1.54) is 11.3 Å². The molecule has 0 amide bonds. The minimum atomic E-state index is 0.264. The standard InChI is InChI=1S/C14H15BN4OS/c1-7-9(3)19(5)18-12(7)11(6-16)13(20-15)14-17-8(2)10(4)21-14/h1-5H3. The van der Waals surface area contributed by atoms with Gasteiger partial charge in [0.15, 0.2) is 10.8 Å². The first-order valence-corrected chi connectivity index (χ1v) is 7.18. The van der Waals surface area contributed by atoms with Crippen LogP contribution in [-0.4, -0.2) is 22.8 Å². The lowest BCUT2D eigenvalue weighted by molar-refractivity contribution is 0.573. The fourth-order valence-electron chi connectivity index (χ4n) is 1.95. The lowest BCUT2D eigenvalue weighted by Crippen LogP contribution is -1.97. The van der Waals surface area contributed by atoms with Gasteiger partial charge >= 0.3 is 8.05 Å². The predicted octanol–water partition coefficient (Wildman–Crippen LogP) is 2.60. The summed E-state index contributed by atoms with van der Waals surface area (Å²) in [6.07, 6.45) is 0. The van der Waals surface area contributed by atoms with Crippen LogP contribution in [0.5, 0.6) is 0 Å². The summed E-state index contributed by atoms with van der Waals surface area (Å²) in [6, 6.07) is 2.14. The van der Waals surface area contributed by atoms with Crippen molar-refractivity contribution in [2.45, 2.75) is 27.7 Å². The number of nitriles is 1. The number of thiazole rings is 1. The Morgan fingerprint density at radius 2 is 2.00 bits per heavy atom. The van der Waals surface area contributed by atoms with E-state index < -0.39 is 0 Å². The highest BCUT2D eigenvalue weighted by Gasteiger charge is 2.21. The van der Waals surface area contributed by atoms with E-state index in [0.29, 0.717) is 16.3 Å². The third-order valence-electron chi connectivity index (χ3n) is 3.55. The summed E-state index contributed by atoms with van der Waals surface area (Å²) < 4.78 is 6.70. The van der Waals surface area contributed by atoms with Crippen molar-refractivity contribution in [3.63, 3.8) is 0 Å². The molecule has 106 valence electrons. The number of rotatable bonds is 3. The molecular formula is C14H15BN4OS. The minimum absolute atomic E-state index is 0.264. The van der Waals surface area contributed by atoms with Crippen molar-refractivity contribution in [1.29, 1.82) is 5.26 Å². The van der Waals surface area contributed by atoms with Crippen LogP contribution in [0.1, 0.15) is 32.5 Å². The molecule has 0 bridgehead atoms. The van der Waals surface area contributed by atoms with Crippen molar-refractivity contribution >= 4 is 30.7 Å². The van der Waals surface area contributed by atoms with Gasteiger partial charge in [-0.1, -0.05) is 0 Å². The molecule has 0 atom stereocenters. The smallest absolute Gasteiger partial charge is 0.374 e. The van der Waals surface area contributed by atoms with Crippen LogP contribution in [0.15, 0.2) is 0 Å². The fourth-order valence-corrected chi connectivity index (χ4v) is 2.86. The molecule has 0 spiro atoms. The van der Waals surface area contributed by atoms with E-state index in [1.807, 2.05) is 34.7 Å². The molecule has 0 saturated heterocycles. The second-order valence-electron chi connectivity index (χ2n) is 4.78. The zero-order chi connectivity index (χ0) is 15.7. The number of aromatic nitrogens is 3. The van der Waals surface area contributed by atoms with Crippen molar-refractivity contribution < 1.29 is 4.65 Å². The molecule has 0 N–H and O–H groups in total. The molecule has 2 rings (SSSR count). The summed E-state index contributed by atoms with van der Waals surface area (Å²) >= 11 is 1.44. The zero-order valence-electron chi connectivity index (χ0n) is 12.7. The molecule has 0 aliphatic carbocycles. The molecule has 0 aliphatic heterocycles. The van der Waals surface area contributed by atoms with Gasteiger partial charge in [-0.25, -0.2) is 4.98 Å². The molecule has 21 heavy (non-hydrogen) atoms.